The quantitative estimate of drug-likeness (QED) is 0.234. The predicted molar refractivity (Wildman–Crippen MR) is 161 cm³/mol. The number of esters is 1. The predicted octanol–water partition coefficient (Wildman–Crippen LogP) is 6.55. The van der Waals surface area contributed by atoms with Crippen LogP contribution in [0.5, 0.6) is 0 Å². The zero-order valence-corrected chi connectivity index (χ0v) is 24.6. The number of hydrogen-bond donors (Lipinski definition) is 1. The first-order valence-corrected chi connectivity index (χ1v) is 14.9. The number of rotatable bonds is 7. The fourth-order valence-electron chi connectivity index (χ4n) is 6.26. The molecule has 1 amide bonds. The molecule has 234 valence electrons. The largest absolute Gasteiger partial charge is 0.465 e. The molecule has 1 saturated heterocycles. The number of anilines is 1. The Hall–Kier alpha value is -4.87. The molecular formula is C33H32F3N5O4. The number of piperidine rings is 1. The molecule has 12 heteroatoms. The molecular weight excluding hydrogens is 587 g/mol. The molecule has 4 aromatic rings. The number of hydrogen-bond acceptors (Lipinski definition) is 6. The highest BCUT2D eigenvalue weighted by molar-refractivity contribution is 5.91. The van der Waals surface area contributed by atoms with Gasteiger partial charge in [0.1, 0.15) is 5.56 Å². The van der Waals surface area contributed by atoms with Crippen molar-refractivity contribution in [3.05, 3.63) is 94.8 Å². The fourth-order valence-corrected chi connectivity index (χ4v) is 6.26. The number of carboxylic acid groups (broad SMARTS) is 1. The van der Waals surface area contributed by atoms with Crippen LogP contribution in [0.3, 0.4) is 0 Å². The lowest BCUT2D eigenvalue weighted by atomic mass is 9.89. The van der Waals surface area contributed by atoms with Crippen molar-refractivity contribution in [1.29, 1.82) is 0 Å². The summed E-state index contributed by atoms with van der Waals surface area (Å²) >= 11 is 0. The summed E-state index contributed by atoms with van der Waals surface area (Å²) in [5.74, 6) is -0.837. The molecule has 45 heavy (non-hydrogen) atoms. The van der Waals surface area contributed by atoms with Crippen LogP contribution < -0.4 is 4.90 Å². The topological polar surface area (TPSA) is 101 Å². The molecule has 0 spiro atoms. The number of halogens is 3. The van der Waals surface area contributed by atoms with Gasteiger partial charge in [0.15, 0.2) is 11.5 Å². The van der Waals surface area contributed by atoms with Gasteiger partial charge in [0.05, 0.1) is 18.5 Å². The van der Waals surface area contributed by atoms with Gasteiger partial charge >= 0.3 is 18.2 Å². The van der Waals surface area contributed by atoms with Crippen molar-refractivity contribution >= 4 is 17.7 Å². The van der Waals surface area contributed by atoms with Crippen molar-refractivity contribution < 1.29 is 32.6 Å². The second-order valence-electron chi connectivity index (χ2n) is 11.2. The number of carbonyl (C=O) groups is 2. The van der Waals surface area contributed by atoms with Crippen LogP contribution in [0.4, 0.5) is 23.7 Å². The molecule has 0 unspecified atom stereocenters. The first-order valence-electron chi connectivity index (χ1n) is 14.9. The number of aromatic nitrogens is 3. The van der Waals surface area contributed by atoms with Crippen molar-refractivity contribution in [2.45, 2.75) is 44.8 Å². The van der Waals surface area contributed by atoms with Gasteiger partial charge in [-0.1, -0.05) is 48.5 Å². The average molecular weight is 620 g/mol. The van der Waals surface area contributed by atoms with Crippen molar-refractivity contribution in [2.24, 2.45) is 0 Å². The zero-order valence-electron chi connectivity index (χ0n) is 24.6. The maximum absolute atomic E-state index is 14.1. The molecule has 0 aliphatic carbocycles. The third-order valence-electron chi connectivity index (χ3n) is 8.44. The lowest BCUT2D eigenvalue weighted by molar-refractivity contribution is -0.143. The Morgan fingerprint density at radius 3 is 2.42 bits per heavy atom. The van der Waals surface area contributed by atoms with E-state index in [1.807, 2.05) is 12.1 Å². The number of carbonyl (C=O) groups excluding carboxylic acids is 1. The molecule has 2 aliphatic rings. The van der Waals surface area contributed by atoms with Crippen molar-refractivity contribution in [3.63, 3.8) is 0 Å². The highest BCUT2D eigenvalue weighted by Crippen LogP contribution is 2.39. The minimum atomic E-state index is -4.87. The lowest BCUT2D eigenvalue weighted by Crippen LogP contribution is -2.36. The molecule has 9 nitrogen and oxygen atoms in total. The van der Waals surface area contributed by atoms with E-state index in [-0.39, 0.29) is 12.4 Å². The first kappa shape index (κ1) is 30.2. The Labute approximate surface area is 257 Å². The Morgan fingerprint density at radius 1 is 1.00 bits per heavy atom. The van der Waals surface area contributed by atoms with Crippen molar-refractivity contribution in [3.8, 4) is 17.1 Å². The van der Waals surface area contributed by atoms with Gasteiger partial charge in [0, 0.05) is 37.4 Å². The minimum Gasteiger partial charge on any atom is -0.465 e. The van der Waals surface area contributed by atoms with Gasteiger partial charge in [0.2, 0.25) is 0 Å². The van der Waals surface area contributed by atoms with Gasteiger partial charge in [-0.15, -0.1) is 0 Å². The number of benzene rings is 2. The van der Waals surface area contributed by atoms with E-state index in [0.29, 0.717) is 35.9 Å². The summed E-state index contributed by atoms with van der Waals surface area (Å²) in [4.78, 5) is 31.8. The Balaban J connectivity index is 1.26. The highest BCUT2D eigenvalue weighted by atomic mass is 19.4. The van der Waals surface area contributed by atoms with Gasteiger partial charge in [-0.2, -0.15) is 18.3 Å². The van der Waals surface area contributed by atoms with Gasteiger partial charge in [-0.05, 0) is 60.9 Å². The SMILES string of the molecule is CCOC(=O)c1cnn(-c2cccc(-c3cccc4c3N(Cc3ccc(C5CCN(C(=O)O)CC5)cc3)CC4)n2)c1C(F)(F)F. The van der Waals surface area contributed by atoms with Crippen molar-refractivity contribution in [1.82, 2.24) is 19.7 Å². The van der Waals surface area contributed by atoms with E-state index in [9.17, 15) is 27.9 Å². The number of pyridine rings is 1. The summed E-state index contributed by atoms with van der Waals surface area (Å²) in [6.07, 6.45) is -2.45. The number of likely N-dealkylation sites (tertiary alicyclic amines) is 1. The van der Waals surface area contributed by atoms with E-state index in [2.05, 4.69) is 45.3 Å². The maximum Gasteiger partial charge on any atom is 0.434 e. The van der Waals surface area contributed by atoms with Gasteiger partial charge < -0.3 is 19.6 Å². The summed E-state index contributed by atoms with van der Waals surface area (Å²) in [7, 11) is 0. The van der Waals surface area contributed by atoms with Crippen LogP contribution in [-0.2, 0) is 23.9 Å². The molecule has 1 fully saturated rings. The molecule has 2 aromatic carbocycles. The van der Waals surface area contributed by atoms with Gasteiger partial charge in [0.25, 0.3) is 0 Å². The van der Waals surface area contributed by atoms with E-state index in [4.69, 9.17) is 4.74 Å². The lowest BCUT2D eigenvalue weighted by Gasteiger charge is -2.30. The number of nitrogens with zero attached hydrogens (tertiary/aromatic N) is 5. The second kappa shape index (κ2) is 12.3. The number of ether oxygens (including phenoxy) is 1. The summed E-state index contributed by atoms with van der Waals surface area (Å²) < 4.78 is 47.9. The minimum absolute atomic E-state index is 0.0667. The second-order valence-corrected chi connectivity index (χ2v) is 11.2. The molecule has 0 saturated carbocycles. The summed E-state index contributed by atoms with van der Waals surface area (Å²) in [6.45, 7) is 3.95. The monoisotopic (exact) mass is 619 g/mol. The van der Waals surface area contributed by atoms with E-state index < -0.39 is 29.5 Å². The van der Waals surface area contributed by atoms with Crippen LogP contribution in [-0.4, -0.2) is 63.1 Å². The smallest absolute Gasteiger partial charge is 0.434 e. The van der Waals surface area contributed by atoms with Crippen LogP contribution in [0.25, 0.3) is 17.1 Å². The molecule has 0 radical (unpaired) electrons. The Morgan fingerprint density at radius 2 is 1.73 bits per heavy atom. The van der Waals surface area contributed by atoms with Crippen LogP contribution in [0.1, 0.15) is 58.4 Å². The Bertz CT molecular complexity index is 1710. The first-order chi connectivity index (χ1) is 21.6. The summed E-state index contributed by atoms with van der Waals surface area (Å²) in [5.41, 5.74) is 3.80. The van der Waals surface area contributed by atoms with E-state index in [1.54, 1.807) is 12.1 Å². The molecule has 2 aliphatic heterocycles. The van der Waals surface area contributed by atoms with Gasteiger partial charge in [-0.25, -0.2) is 19.3 Å². The normalized spacial score (nSPS) is 15.3. The maximum atomic E-state index is 14.1. The molecule has 4 heterocycles. The van der Waals surface area contributed by atoms with Crippen molar-refractivity contribution in [2.75, 3.05) is 31.1 Å². The fraction of sp³-hybridized carbons (Fsp3) is 0.333. The zero-order chi connectivity index (χ0) is 31.7. The van der Waals surface area contributed by atoms with Crippen LogP contribution in [0.15, 0.2) is 66.9 Å². The number of fused-ring (bicyclic) bond motifs is 1. The molecule has 6 rings (SSSR count). The van der Waals surface area contributed by atoms with E-state index in [0.717, 1.165) is 54.4 Å². The third-order valence-corrected chi connectivity index (χ3v) is 8.44. The summed E-state index contributed by atoms with van der Waals surface area (Å²) in [5, 5.41) is 13.1. The average Bonchev–Trinajstić information content (AvgIpc) is 3.67. The van der Waals surface area contributed by atoms with Crippen LogP contribution >= 0.6 is 0 Å². The molecule has 0 atom stereocenters. The molecule has 0 bridgehead atoms. The van der Waals surface area contributed by atoms with Gasteiger partial charge in [-0.3, -0.25) is 0 Å². The highest BCUT2D eigenvalue weighted by Gasteiger charge is 2.41. The van der Waals surface area contributed by atoms with Crippen LogP contribution in [0, 0.1) is 0 Å². The number of amides is 1. The third kappa shape index (κ3) is 6.09. The van der Waals surface area contributed by atoms with E-state index in [1.165, 1.54) is 23.5 Å². The number of para-hydroxylation sites is 1. The molecule has 1 N–H and O–H groups in total. The Kier molecular flexibility index (Phi) is 8.22. The number of alkyl halides is 3. The standard InChI is InChI=1S/C33H32F3N5O4/c1-2-45-31(42)26-19-37-41(30(26)33(34,35)36)28-8-4-7-27(38-28)25-6-3-5-24-15-18-40(29(24)25)20-21-9-11-22(12-10-21)23-13-16-39(17-14-23)32(43)44/h3-12,19,23H,2,13-18,20H2,1H3,(H,43,44). The molecule has 2 aromatic heterocycles. The summed E-state index contributed by atoms with van der Waals surface area (Å²) in [6, 6.07) is 19.1. The van der Waals surface area contributed by atoms with E-state index >= 15 is 0 Å². The van der Waals surface area contributed by atoms with Crippen LogP contribution in [0.2, 0.25) is 0 Å².